The van der Waals surface area contributed by atoms with Gasteiger partial charge in [-0.2, -0.15) is 5.26 Å². The van der Waals surface area contributed by atoms with Crippen LogP contribution in [-0.4, -0.2) is 31.9 Å². The number of rotatable bonds is 1. The van der Waals surface area contributed by atoms with Crippen LogP contribution in [0.3, 0.4) is 0 Å². The fourth-order valence-corrected chi connectivity index (χ4v) is 0.137. The molecule has 0 aliphatic rings. The SMILES string of the molecule is COC(=O)CC#N.[LiH]. The zero-order valence-electron chi connectivity index (χ0n) is 3.97. The molecular weight excluding hydrogens is 101 g/mol. The third-order valence-electron chi connectivity index (χ3n) is 0.451. The normalized spacial score (nSPS) is 6.00. The van der Waals surface area contributed by atoms with Gasteiger partial charge >= 0.3 is 24.8 Å². The van der Waals surface area contributed by atoms with Gasteiger partial charge in [-0.15, -0.1) is 0 Å². The summed E-state index contributed by atoms with van der Waals surface area (Å²) in [5.74, 6) is -0.484. The van der Waals surface area contributed by atoms with Crippen molar-refractivity contribution in [2.75, 3.05) is 7.11 Å². The third-order valence-corrected chi connectivity index (χ3v) is 0.451. The second-order valence-corrected chi connectivity index (χ2v) is 0.911. The van der Waals surface area contributed by atoms with Gasteiger partial charge in [-0.05, 0) is 0 Å². The van der Waals surface area contributed by atoms with Crippen molar-refractivity contribution in [2.24, 2.45) is 0 Å². The van der Waals surface area contributed by atoms with E-state index in [1.54, 1.807) is 6.07 Å². The molecule has 0 heterocycles. The fraction of sp³-hybridized carbons (Fsp3) is 0.500. The standard InChI is InChI=1S/C4H5NO2.Li.H/c1-7-4(6)2-3-5;;/h2H2,1H3;;. The van der Waals surface area contributed by atoms with Gasteiger partial charge in [-0.25, -0.2) is 0 Å². The Labute approximate surface area is 59.8 Å². The molecule has 40 valence electrons. The molecule has 0 aliphatic heterocycles. The number of nitrogens with zero attached hydrogens (tertiary/aromatic N) is 1. The first-order valence-corrected chi connectivity index (χ1v) is 1.75. The summed E-state index contributed by atoms with van der Waals surface area (Å²) >= 11 is 0. The van der Waals surface area contributed by atoms with Crippen molar-refractivity contribution in [3.8, 4) is 6.07 Å². The first kappa shape index (κ1) is 10.5. The van der Waals surface area contributed by atoms with Crippen LogP contribution in [0.2, 0.25) is 0 Å². The second-order valence-electron chi connectivity index (χ2n) is 0.911. The number of hydrogen-bond donors (Lipinski definition) is 0. The second kappa shape index (κ2) is 6.56. The Bertz CT molecular complexity index is 107. The van der Waals surface area contributed by atoms with Crippen molar-refractivity contribution in [3.63, 3.8) is 0 Å². The third kappa shape index (κ3) is 5.56. The molecule has 0 saturated heterocycles. The van der Waals surface area contributed by atoms with Crippen LogP contribution < -0.4 is 0 Å². The summed E-state index contributed by atoms with van der Waals surface area (Å²) in [4.78, 5) is 9.97. The van der Waals surface area contributed by atoms with E-state index < -0.39 is 5.97 Å². The molecule has 0 amide bonds. The van der Waals surface area contributed by atoms with E-state index in [4.69, 9.17) is 5.26 Å². The number of carbonyl (C=O) groups is 1. The van der Waals surface area contributed by atoms with Crippen molar-refractivity contribution in [1.82, 2.24) is 0 Å². The number of carbonyl (C=O) groups excluding carboxylic acids is 1. The summed E-state index contributed by atoms with van der Waals surface area (Å²) in [6.45, 7) is 0. The van der Waals surface area contributed by atoms with E-state index in [1.165, 1.54) is 7.11 Å². The summed E-state index contributed by atoms with van der Waals surface area (Å²) in [6.07, 6.45) is -0.156. The Balaban J connectivity index is 0. The maximum absolute atomic E-state index is 9.97. The van der Waals surface area contributed by atoms with Gasteiger partial charge in [0.1, 0.15) is 6.42 Å². The molecule has 4 heteroatoms. The molecule has 0 aliphatic carbocycles. The van der Waals surface area contributed by atoms with Crippen LogP contribution in [0, 0.1) is 11.3 Å². The quantitative estimate of drug-likeness (QED) is 0.333. The van der Waals surface area contributed by atoms with E-state index in [0.717, 1.165) is 0 Å². The number of hydrogen-bond acceptors (Lipinski definition) is 3. The minimum absolute atomic E-state index is 0. The van der Waals surface area contributed by atoms with Gasteiger partial charge in [-0.3, -0.25) is 4.79 Å². The topological polar surface area (TPSA) is 50.1 Å². The summed E-state index contributed by atoms with van der Waals surface area (Å²) in [5.41, 5.74) is 0. The van der Waals surface area contributed by atoms with Crippen LogP contribution in [0.1, 0.15) is 6.42 Å². The van der Waals surface area contributed by atoms with Gasteiger partial charge in [0, 0.05) is 0 Å². The van der Waals surface area contributed by atoms with Gasteiger partial charge in [-0.1, -0.05) is 0 Å². The molecule has 0 spiro atoms. The van der Waals surface area contributed by atoms with Crippen molar-refractivity contribution in [2.45, 2.75) is 6.42 Å². The fourth-order valence-electron chi connectivity index (χ4n) is 0.137. The molecule has 0 aromatic carbocycles. The molecule has 0 N–H and O–H groups in total. The monoisotopic (exact) mass is 107 g/mol. The molecule has 0 fully saturated rings. The number of nitriles is 1. The first-order valence-electron chi connectivity index (χ1n) is 1.75. The number of ether oxygens (including phenoxy) is 1. The summed E-state index contributed by atoms with van der Waals surface area (Å²) < 4.78 is 4.13. The van der Waals surface area contributed by atoms with E-state index in [2.05, 4.69) is 4.74 Å². The van der Waals surface area contributed by atoms with E-state index in [9.17, 15) is 4.79 Å². The molecule has 0 saturated carbocycles. The van der Waals surface area contributed by atoms with Crippen molar-refractivity contribution in [1.29, 1.82) is 5.26 Å². The van der Waals surface area contributed by atoms with Crippen LogP contribution >= 0.6 is 0 Å². The Hall–Kier alpha value is -0.443. The Morgan fingerprint density at radius 3 is 2.50 bits per heavy atom. The van der Waals surface area contributed by atoms with Crippen LogP contribution in [0.4, 0.5) is 0 Å². The van der Waals surface area contributed by atoms with Gasteiger partial charge in [0.2, 0.25) is 0 Å². The van der Waals surface area contributed by atoms with E-state index in [0.29, 0.717) is 0 Å². The zero-order chi connectivity index (χ0) is 5.70. The summed E-state index contributed by atoms with van der Waals surface area (Å²) in [6, 6.07) is 1.64. The summed E-state index contributed by atoms with van der Waals surface area (Å²) in [7, 11) is 1.25. The van der Waals surface area contributed by atoms with Crippen LogP contribution in [0.25, 0.3) is 0 Å². The Morgan fingerprint density at radius 2 is 2.38 bits per heavy atom. The zero-order valence-corrected chi connectivity index (χ0v) is 3.97. The average Bonchev–Trinajstić information content (AvgIpc) is 1.68. The van der Waals surface area contributed by atoms with E-state index in [1.807, 2.05) is 0 Å². The minimum atomic E-state index is -0.484. The van der Waals surface area contributed by atoms with Gasteiger partial charge in [0.15, 0.2) is 0 Å². The first-order chi connectivity index (χ1) is 3.31. The molecule has 0 unspecified atom stereocenters. The van der Waals surface area contributed by atoms with Crippen molar-refractivity contribution in [3.05, 3.63) is 0 Å². The van der Waals surface area contributed by atoms with Gasteiger partial charge < -0.3 is 4.74 Å². The van der Waals surface area contributed by atoms with Gasteiger partial charge in [0.05, 0.1) is 13.2 Å². The van der Waals surface area contributed by atoms with Crippen molar-refractivity contribution >= 4 is 24.8 Å². The molecule has 8 heavy (non-hydrogen) atoms. The molecule has 0 rings (SSSR count). The number of methoxy groups -OCH3 is 1. The predicted molar refractivity (Wildman–Crippen MR) is 29.4 cm³/mol. The van der Waals surface area contributed by atoms with E-state index >= 15 is 0 Å². The average molecular weight is 107 g/mol. The van der Waals surface area contributed by atoms with E-state index in [-0.39, 0.29) is 25.3 Å². The molecule has 0 aromatic rings. The maximum atomic E-state index is 9.97. The van der Waals surface area contributed by atoms with Crippen LogP contribution in [0.5, 0.6) is 0 Å². The molecular formula is C4H6LiNO2. The Morgan fingerprint density at radius 1 is 1.88 bits per heavy atom. The van der Waals surface area contributed by atoms with Crippen LogP contribution in [0.15, 0.2) is 0 Å². The molecule has 0 atom stereocenters. The molecule has 0 aromatic heterocycles. The van der Waals surface area contributed by atoms with Crippen LogP contribution in [-0.2, 0) is 9.53 Å². The molecule has 0 radical (unpaired) electrons. The number of esters is 1. The predicted octanol–water partition coefficient (Wildman–Crippen LogP) is -0.575. The van der Waals surface area contributed by atoms with Crippen molar-refractivity contribution < 1.29 is 9.53 Å². The summed E-state index contributed by atoms with van der Waals surface area (Å²) in [5, 5.41) is 7.82. The van der Waals surface area contributed by atoms with Gasteiger partial charge in [0.25, 0.3) is 0 Å². The molecule has 3 nitrogen and oxygen atoms in total. The Kier molecular flexibility index (Phi) is 8.62. The molecule has 0 bridgehead atoms.